The zero-order valence-electron chi connectivity index (χ0n) is 10.3. The van der Waals surface area contributed by atoms with Gasteiger partial charge >= 0.3 is 6.18 Å². The van der Waals surface area contributed by atoms with Gasteiger partial charge in [0.25, 0.3) is 0 Å². The molecule has 1 aromatic rings. The van der Waals surface area contributed by atoms with Crippen LogP contribution in [0.2, 0.25) is 0 Å². The molecule has 2 rings (SSSR count). The number of hydrogen-bond acceptors (Lipinski definition) is 3. The topological polar surface area (TPSA) is 12.0 Å². The quantitative estimate of drug-likeness (QED) is 0.910. The Bertz CT molecular complexity index is 377. The number of benzene rings is 1. The lowest BCUT2D eigenvalue weighted by atomic mass is 10.1. The van der Waals surface area contributed by atoms with Crippen molar-refractivity contribution in [2.75, 3.05) is 23.8 Å². The lowest BCUT2D eigenvalue weighted by Gasteiger charge is -2.26. The molecule has 0 radical (unpaired) electrons. The van der Waals surface area contributed by atoms with E-state index in [1.807, 2.05) is 11.8 Å². The Kier molecular flexibility index (Phi) is 5.47. The Morgan fingerprint density at radius 1 is 1.21 bits per heavy atom. The van der Waals surface area contributed by atoms with Crippen LogP contribution in [-0.4, -0.2) is 35.2 Å². The highest BCUT2D eigenvalue weighted by Crippen LogP contribution is 2.33. The molecule has 0 saturated carbocycles. The van der Waals surface area contributed by atoms with Gasteiger partial charge in [-0.2, -0.15) is 36.7 Å². The van der Waals surface area contributed by atoms with E-state index in [9.17, 15) is 13.2 Å². The standard InChI is InChI=1S/C13H16F3NS2/c14-13(15,16)12(10-4-2-1-3-5-10)17-8-11-9-18-6-7-19-11/h1-5,11-12,17H,6-9H2. The van der Waals surface area contributed by atoms with Crippen molar-refractivity contribution in [3.8, 4) is 0 Å². The highest BCUT2D eigenvalue weighted by molar-refractivity contribution is 8.06. The van der Waals surface area contributed by atoms with Crippen molar-refractivity contribution in [2.24, 2.45) is 0 Å². The molecule has 0 aliphatic carbocycles. The van der Waals surface area contributed by atoms with Crippen LogP contribution in [0, 0.1) is 0 Å². The molecule has 0 amide bonds. The largest absolute Gasteiger partial charge is 0.407 e. The minimum atomic E-state index is -4.26. The molecule has 1 saturated heterocycles. The van der Waals surface area contributed by atoms with E-state index in [1.54, 1.807) is 30.0 Å². The second-order valence-electron chi connectivity index (χ2n) is 4.36. The van der Waals surface area contributed by atoms with Gasteiger partial charge < -0.3 is 5.32 Å². The van der Waals surface area contributed by atoms with Crippen LogP contribution in [0.15, 0.2) is 30.3 Å². The smallest absolute Gasteiger partial charge is 0.301 e. The Morgan fingerprint density at radius 2 is 1.95 bits per heavy atom. The number of halogens is 3. The third-order valence-corrected chi connectivity index (χ3v) is 5.74. The van der Waals surface area contributed by atoms with Gasteiger partial charge in [-0.25, -0.2) is 0 Å². The molecule has 2 atom stereocenters. The minimum Gasteiger partial charge on any atom is -0.301 e. The second kappa shape index (κ2) is 6.90. The zero-order chi connectivity index (χ0) is 13.7. The molecule has 106 valence electrons. The van der Waals surface area contributed by atoms with E-state index in [0.717, 1.165) is 17.3 Å². The molecular formula is C13H16F3NS2. The van der Waals surface area contributed by atoms with Crippen LogP contribution in [0.1, 0.15) is 11.6 Å². The van der Waals surface area contributed by atoms with Crippen molar-refractivity contribution in [1.82, 2.24) is 5.32 Å². The molecule has 1 heterocycles. The van der Waals surface area contributed by atoms with Crippen molar-refractivity contribution in [3.05, 3.63) is 35.9 Å². The number of thioether (sulfide) groups is 2. The number of rotatable bonds is 4. The first-order valence-corrected chi connectivity index (χ1v) is 8.32. The van der Waals surface area contributed by atoms with Crippen molar-refractivity contribution in [3.63, 3.8) is 0 Å². The first-order chi connectivity index (χ1) is 9.07. The third kappa shape index (κ3) is 4.61. The maximum Gasteiger partial charge on any atom is 0.407 e. The van der Waals surface area contributed by atoms with Gasteiger partial charge in [0, 0.05) is 29.1 Å². The summed E-state index contributed by atoms with van der Waals surface area (Å²) >= 11 is 3.58. The Labute approximate surface area is 119 Å². The van der Waals surface area contributed by atoms with Crippen LogP contribution in [0.3, 0.4) is 0 Å². The van der Waals surface area contributed by atoms with Crippen molar-refractivity contribution >= 4 is 23.5 Å². The monoisotopic (exact) mass is 307 g/mol. The van der Waals surface area contributed by atoms with Gasteiger partial charge in [0.15, 0.2) is 0 Å². The highest BCUT2D eigenvalue weighted by Gasteiger charge is 2.40. The number of nitrogens with one attached hydrogen (secondary N) is 1. The Hall–Kier alpha value is -0.330. The minimum absolute atomic E-state index is 0.271. The van der Waals surface area contributed by atoms with Gasteiger partial charge in [-0.05, 0) is 5.56 Å². The van der Waals surface area contributed by atoms with Crippen molar-refractivity contribution < 1.29 is 13.2 Å². The Morgan fingerprint density at radius 3 is 2.53 bits per heavy atom. The van der Waals surface area contributed by atoms with Crippen LogP contribution < -0.4 is 5.32 Å². The van der Waals surface area contributed by atoms with Crippen LogP contribution in [-0.2, 0) is 0 Å². The average Bonchev–Trinajstić information content (AvgIpc) is 2.40. The van der Waals surface area contributed by atoms with Gasteiger partial charge in [0.1, 0.15) is 6.04 Å². The molecule has 0 bridgehead atoms. The molecule has 0 aromatic heterocycles. The first kappa shape index (κ1) is 15.1. The van der Waals surface area contributed by atoms with E-state index >= 15 is 0 Å². The summed E-state index contributed by atoms with van der Waals surface area (Å²) in [4.78, 5) is 0. The van der Waals surface area contributed by atoms with Crippen LogP contribution in [0.5, 0.6) is 0 Å². The van der Waals surface area contributed by atoms with Crippen LogP contribution >= 0.6 is 23.5 Å². The third-order valence-electron chi connectivity index (χ3n) is 2.89. The van der Waals surface area contributed by atoms with Crippen LogP contribution in [0.4, 0.5) is 13.2 Å². The number of alkyl halides is 3. The summed E-state index contributed by atoms with van der Waals surface area (Å²) in [6.07, 6.45) is -4.26. The molecule has 19 heavy (non-hydrogen) atoms. The highest BCUT2D eigenvalue weighted by atomic mass is 32.2. The Balaban J connectivity index is 1.99. The van der Waals surface area contributed by atoms with Gasteiger partial charge in [-0.1, -0.05) is 30.3 Å². The fraction of sp³-hybridized carbons (Fsp3) is 0.538. The van der Waals surface area contributed by atoms with Gasteiger partial charge in [0.05, 0.1) is 0 Å². The number of hydrogen-bond donors (Lipinski definition) is 1. The summed E-state index contributed by atoms with van der Waals surface area (Å²) in [7, 11) is 0. The molecule has 1 fully saturated rings. The molecule has 1 aromatic carbocycles. The molecule has 6 heteroatoms. The van der Waals surface area contributed by atoms with Gasteiger partial charge in [0.2, 0.25) is 0 Å². The summed E-state index contributed by atoms with van der Waals surface area (Å²) in [5.74, 6) is 3.05. The van der Waals surface area contributed by atoms with E-state index in [4.69, 9.17) is 0 Å². The van der Waals surface area contributed by atoms with Crippen molar-refractivity contribution in [2.45, 2.75) is 17.5 Å². The molecule has 1 aliphatic heterocycles. The SMILES string of the molecule is FC(F)(F)C(NCC1CSCCS1)c1ccccc1. The summed E-state index contributed by atoms with van der Waals surface area (Å²) in [5.41, 5.74) is 0.281. The maximum absolute atomic E-state index is 13.1. The van der Waals surface area contributed by atoms with E-state index < -0.39 is 12.2 Å². The molecule has 1 N–H and O–H groups in total. The predicted molar refractivity (Wildman–Crippen MR) is 76.8 cm³/mol. The van der Waals surface area contributed by atoms with Gasteiger partial charge in [-0.15, -0.1) is 0 Å². The maximum atomic E-state index is 13.1. The first-order valence-electron chi connectivity index (χ1n) is 6.12. The van der Waals surface area contributed by atoms with Crippen molar-refractivity contribution in [1.29, 1.82) is 0 Å². The summed E-state index contributed by atoms with van der Waals surface area (Å²) in [5, 5.41) is 2.96. The molecule has 0 spiro atoms. The average molecular weight is 307 g/mol. The lowest BCUT2D eigenvalue weighted by molar-refractivity contribution is -0.157. The zero-order valence-corrected chi connectivity index (χ0v) is 12.0. The molecule has 1 aliphatic rings. The fourth-order valence-corrected chi connectivity index (χ4v) is 4.60. The lowest BCUT2D eigenvalue weighted by Crippen LogP contribution is -2.39. The van der Waals surface area contributed by atoms with Crippen LogP contribution in [0.25, 0.3) is 0 Å². The van der Waals surface area contributed by atoms with E-state index in [1.165, 1.54) is 12.1 Å². The fourth-order valence-electron chi connectivity index (χ4n) is 1.97. The van der Waals surface area contributed by atoms with E-state index in [-0.39, 0.29) is 10.8 Å². The molecule has 2 unspecified atom stereocenters. The summed E-state index contributed by atoms with van der Waals surface area (Å²) in [6, 6.07) is 6.48. The van der Waals surface area contributed by atoms with E-state index in [2.05, 4.69) is 5.32 Å². The summed E-state index contributed by atoms with van der Waals surface area (Å²) in [6.45, 7) is 0.400. The molecular weight excluding hydrogens is 291 g/mol. The summed E-state index contributed by atoms with van der Waals surface area (Å²) < 4.78 is 39.3. The normalized spacial score (nSPS) is 22.2. The van der Waals surface area contributed by atoms with E-state index in [0.29, 0.717) is 6.54 Å². The predicted octanol–water partition coefficient (Wildman–Crippen LogP) is 3.73. The molecule has 1 nitrogen and oxygen atoms in total. The second-order valence-corrected chi connectivity index (χ2v) is 6.92. The van der Waals surface area contributed by atoms with Gasteiger partial charge in [-0.3, -0.25) is 0 Å².